The Morgan fingerprint density at radius 2 is 2.00 bits per heavy atom. The van der Waals surface area contributed by atoms with Gasteiger partial charge in [0, 0.05) is 11.1 Å². The van der Waals surface area contributed by atoms with E-state index >= 15 is 0 Å². The van der Waals surface area contributed by atoms with Crippen molar-refractivity contribution in [3.05, 3.63) is 76.8 Å². The summed E-state index contributed by atoms with van der Waals surface area (Å²) in [5, 5.41) is 3.31. The van der Waals surface area contributed by atoms with Gasteiger partial charge in [0.25, 0.3) is 5.91 Å². The van der Waals surface area contributed by atoms with Crippen molar-refractivity contribution in [1.82, 2.24) is 4.98 Å². The van der Waals surface area contributed by atoms with Gasteiger partial charge in [0.15, 0.2) is 5.58 Å². The lowest BCUT2D eigenvalue weighted by atomic mass is 10.1. The van der Waals surface area contributed by atoms with Gasteiger partial charge < -0.3 is 14.5 Å². The van der Waals surface area contributed by atoms with Gasteiger partial charge >= 0.3 is 0 Å². The number of halogens is 1. The van der Waals surface area contributed by atoms with Crippen LogP contribution in [0.2, 0.25) is 5.02 Å². The van der Waals surface area contributed by atoms with E-state index in [1.807, 2.05) is 37.3 Å². The van der Waals surface area contributed by atoms with Crippen molar-refractivity contribution in [3.63, 3.8) is 0 Å². The van der Waals surface area contributed by atoms with Crippen molar-refractivity contribution < 1.29 is 13.9 Å². The zero-order chi connectivity index (χ0) is 21.8. The van der Waals surface area contributed by atoms with Crippen LogP contribution in [0.25, 0.3) is 22.6 Å². The first-order valence-corrected chi connectivity index (χ1v) is 10.6. The molecular weight excluding hydrogens is 412 g/mol. The Balaban J connectivity index is 1.56. The van der Waals surface area contributed by atoms with Crippen molar-refractivity contribution >= 4 is 34.3 Å². The number of rotatable bonds is 7. The SMILES string of the molecule is CCCCOc1cccc(C(=O)Nc2cc(-c3nc4cc(C)ccc4o3)ccc2Cl)c1. The molecule has 5 nitrogen and oxygen atoms in total. The highest BCUT2D eigenvalue weighted by molar-refractivity contribution is 6.34. The number of ether oxygens (including phenoxy) is 1. The molecule has 1 heterocycles. The molecule has 1 amide bonds. The van der Waals surface area contributed by atoms with Crippen LogP contribution in [-0.4, -0.2) is 17.5 Å². The molecule has 0 spiro atoms. The monoisotopic (exact) mass is 434 g/mol. The Hall–Kier alpha value is -3.31. The standard InChI is InChI=1S/C25H23ClN2O3/c1-3-4-12-30-19-7-5-6-17(14-19)24(29)27-21-15-18(9-10-20(21)26)25-28-22-13-16(2)8-11-23(22)31-25/h5-11,13-15H,3-4,12H2,1-2H3,(H,27,29). The number of nitrogens with one attached hydrogen (secondary N) is 1. The summed E-state index contributed by atoms with van der Waals surface area (Å²) in [7, 11) is 0. The summed E-state index contributed by atoms with van der Waals surface area (Å²) in [4.78, 5) is 17.4. The van der Waals surface area contributed by atoms with Crippen molar-refractivity contribution in [2.24, 2.45) is 0 Å². The van der Waals surface area contributed by atoms with E-state index in [0.717, 1.165) is 29.5 Å². The minimum absolute atomic E-state index is 0.270. The highest BCUT2D eigenvalue weighted by Gasteiger charge is 2.14. The average Bonchev–Trinajstić information content (AvgIpc) is 3.19. The number of aryl methyl sites for hydroxylation is 1. The fourth-order valence-corrected chi connectivity index (χ4v) is 3.34. The second-order valence-corrected chi connectivity index (χ2v) is 7.78. The zero-order valence-electron chi connectivity index (χ0n) is 17.4. The first-order valence-electron chi connectivity index (χ1n) is 10.2. The molecule has 1 N–H and O–H groups in total. The third kappa shape index (κ3) is 4.89. The lowest BCUT2D eigenvalue weighted by Gasteiger charge is -2.10. The van der Waals surface area contributed by atoms with Crippen LogP contribution >= 0.6 is 11.6 Å². The predicted octanol–water partition coefficient (Wildman–Crippen LogP) is 6.89. The van der Waals surface area contributed by atoms with Gasteiger partial charge in [-0.15, -0.1) is 0 Å². The Morgan fingerprint density at radius 1 is 1.13 bits per heavy atom. The Bertz CT molecular complexity index is 1230. The van der Waals surface area contributed by atoms with Crippen LogP contribution in [0, 0.1) is 6.92 Å². The number of aromatic nitrogens is 1. The quantitative estimate of drug-likeness (QED) is 0.322. The van der Waals surface area contributed by atoms with Crippen LogP contribution in [0.15, 0.2) is 65.1 Å². The minimum Gasteiger partial charge on any atom is -0.494 e. The molecule has 0 aliphatic rings. The number of benzene rings is 3. The molecule has 6 heteroatoms. The van der Waals surface area contributed by atoms with Gasteiger partial charge in [-0.2, -0.15) is 0 Å². The fourth-order valence-electron chi connectivity index (χ4n) is 3.17. The number of anilines is 1. The van der Waals surface area contributed by atoms with E-state index in [4.69, 9.17) is 20.8 Å². The van der Waals surface area contributed by atoms with Crippen molar-refractivity contribution in [2.45, 2.75) is 26.7 Å². The summed E-state index contributed by atoms with van der Waals surface area (Å²) in [5.74, 6) is 0.870. The summed E-state index contributed by atoms with van der Waals surface area (Å²) in [5.41, 5.74) is 4.31. The molecule has 0 aliphatic heterocycles. The van der Waals surface area contributed by atoms with Crippen LogP contribution < -0.4 is 10.1 Å². The highest BCUT2D eigenvalue weighted by Crippen LogP contribution is 2.31. The summed E-state index contributed by atoms with van der Waals surface area (Å²) in [6.07, 6.45) is 2.02. The zero-order valence-corrected chi connectivity index (χ0v) is 18.2. The molecular formula is C25H23ClN2O3. The highest BCUT2D eigenvalue weighted by atomic mass is 35.5. The van der Waals surface area contributed by atoms with Gasteiger partial charge in [-0.05, 0) is 67.4 Å². The first-order chi connectivity index (χ1) is 15.0. The second kappa shape index (κ2) is 9.23. The van der Waals surface area contributed by atoms with Gasteiger partial charge in [0.2, 0.25) is 5.89 Å². The maximum Gasteiger partial charge on any atom is 0.255 e. The lowest BCUT2D eigenvalue weighted by molar-refractivity contribution is 0.102. The number of oxazole rings is 1. The molecule has 0 saturated heterocycles. The van der Waals surface area contributed by atoms with E-state index in [1.165, 1.54) is 0 Å². The molecule has 0 bridgehead atoms. The Labute approximate surface area is 186 Å². The Kier molecular flexibility index (Phi) is 6.23. The van der Waals surface area contributed by atoms with Crippen LogP contribution in [0.1, 0.15) is 35.7 Å². The largest absolute Gasteiger partial charge is 0.494 e. The molecule has 0 aliphatic carbocycles. The first kappa shape index (κ1) is 20.9. The molecule has 0 radical (unpaired) electrons. The van der Waals surface area contributed by atoms with Crippen LogP contribution in [0.4, 0.5) is 5.69 Å². The molecule has 0 unspecified atom stereocenters. The summed E-state index contributed by atoms with van der Waals surface area (Å²) in [6, 6.07) is 18.3. The third-order valence-corrected chi connectivity index (χ3v) is 5.20. The van der Waals surface area contributed by atoms with Crippen molar-refractivity contribution in [3.8, 4) is 17.2 Å². The minimum atomic E-state index is -0.270. The van der Waals surface area contributed by atoms with Crippen LogP contribution in [0.5, 0.6) is 5.75 Å². The maximum absolute atomic E-state index is 12.8. The van der Waals surface area contributed by atoms with Crippen molar-refractivity contribution in [2.75, 3.05) is 11.9 Å². The number of unbranched alkanes of at least 4 members (excludes halogenated alkanes) is 1. The number of fused-ring (bicyclic) bond motifs is 1. The van der Waals surface area contributed by atoms with Gasteiger partial charge in [-0.3, -0.25) is 4.79 Å². The van der Waals surface area contributed by atoms with Gasteiger partial charge in [0.05, 0.1) is 17.3 Å². The number of hydrogen-bond acceptors (Lipinski definition) is 4. The number of nitrogens with zero attached hydrogens (tertiary/aromatic N) is 1. The molecule has 1 aromatic heterocycles. The normalized spacial score (nSPS) is 10.9. The number of carbonyl (C=O) groups is 1. The number of carbonyl (C=O) groups excluding carboxylic acids is 1. The smallest absolute Gasteiger partial charge is 0.255 e. The van der Waals surface area contributed by atoms with E-state index in [0.29, 0.717) is 40.1 Å². The van der Waals surface area contributed by atoms with Gasteiger partial charge in [-0.25, -0.2) is 4.98 Å². The molecule has 31 heavy (non-hydrogen) atoms. The van der Waals surface area contributed by atoms with Crippen LogP contribution in [-0.2, 0) is 0 Å². The van der Waals surface area contributed by atoms with Gasteiger partial charge in [-0.1, -0.05) is 37.1 Å². The number of hydrogen-bond donors (Lipinski definition) is 1. The van der Waals surface area contributed by atoms with Crippen molar-refractivity contribution in [1.29, 1.82) is 0 Å². The summed E-state index contributed by atoms with van der Waals surface area (Å²) < 4.78 is 11.6. The van der Waals surface area contributed by atoms with Gasteiger partial charge in [0.1, 0.15) is 11.3 Å². The van der Waals surface area contributed by atoms with E-state index in [-0.39, 0.29) is 5.91 Å². The topological polar surface area (TPSA) is 64.4 Å². The summed E-state index contributed by atoms with van der Waals surface area (Å²) >= 11 is 6.34. The van der Waals surface area contributed by atoms with E-state index in [9.17, 15) is 4.79 Å². The molecule has 0 atom stereocenters. The van der Waals surface area contributed by atoms with Crippen LogP contribution in [0.3, 0.4) is 0 Å². The predicted molar refractivity (Wildman–Crippen MR) is 124 cm³/mol. The molecule has 4 rings (SSSR count). The molecule has 0 saturated carbocycles. The summed E-state index contributed by atoms with van der Waals surface area (Å²) in [6.45, 7) is 4.74. The second-order valence-electron chi connectivity index (χ2n) is 7.37. The Morgan fingerprint density at radius 3 is 2.84 bits per heavy atom. The molecule has 4 aromatic rings. The fraction of sp³-hybridized carbons (Fsp3) is 0.200. The van der Waals surface area contributed by atoms with E-state index < -0.39 is 0 Å². The molecule has 0 fully saturated rings. The maximum atomic E-state index is 12.8. The number of amides is 1. The van der Waals surface area contributed by atoms with E-state index in [1.54, 1.807) is 30.3 Å². The third-order valence-electron chi connectivity index (χ3n) is 4.87. The van der Waals surface area contributed by atoms with E-state index in [2.05, 4.69) is 17.2 Å². The average molecular weight is 435 g/mol. The molecule has 158 valence electrons. The molecule has 3 aromatic carbocycles. The lowest BCUT2D eigenvalue weighted by Crippen LogP contribution is -2.12.